The van der Waals surface area contributed by atoms with E-state index in [4.69, 9.17) is 9.72 Å². The van der Waals surface area contributed by atoms with E-state index in [1.165, 1.54) is 27.6 Å². The summed E-state index contributed by atoms with van der Waals surface area (Å²) in [5, 5.41) is 2.34. The van der Waals surface area contributed by atoms with Crippen LogP contribution in [0.5, 0.6) is 11.5 Å². The van der Waals surface area contributed by atoms with Crippen molar-refractivity contribution in [2.24, 2.45) is 7.05 Å². The Kier molecular flexibility index (Phi) is 6.05. The molecular weight excluding hydrogens is 540 g/mol. The minimum atomic E-state index is 0.771. The molecule has 0 spiro atoms. The van der Waals surface area contributed by atoms with E-state index < -0.39 is 0 Å². The van der Waals surface area contributed by atoms with E-state index in [-0.39, 0.29) is 0 Å². The number of hydrogen-bond acceptors (Lipinski definition) is 2. The lowest BCUT2D eigenvalue weighted by molar-refractivity contribution is 0.483. The van der Waals surface area contributed by atoms with Crippen molar-refractivity contribution >= 4 is 32.8 Å². The fourth-order valence-corrected chi connectivity index (χ4v) is 6.53. The predicted molar refractivity (Wildman–Crippen MR) is 180 cm³/mol. The van der Waals surface area contributed by atoms with Crippen LogP contribution in [0.25, 0.3) is 55.5 Å². The van der Waals surface area contributed by atoms with E-state index in [0.29, 0.717) is 0 Å². The van der Waals surface area contributed by atoms with Gasteiger partial charge in [-0.2, -0.15) is 4.57 Å². The maximum atomic E-state index is 6.52. The maximum absolute atomic E-state index is 6.52. The Morgan fingerprint density at radius 2 is 1.32 bits per heavy atom. The third-order valence-corrected chi connectivity index (χ3v) is 8.53. The van der Waals surface area contributed by atoms with Gasteiger partial charge in [-0.05, 0) is 90.7 Å². The first kappa shape index (κ1) is 26.0. The average molecular weight is 572 g/mol. The molecule has 0 fully saturated rings. The summed E-state index contributed by atoms with van der Waals surface area (Å²) in [7, 11) is 2.07. The van der Waals surface area contributed by atoms with E-state index in [2.05, 4.69) is 150 Å². The molecule has 0 saturated heterocycles. The summed E-state index contributed by atoms with van der Waals surface area (Å²) in [6.45, 7) is 4.33. The van der Waals surface area contributed by atoms with Gasteiger partial charge in [0, 0.05) is 54.3 Å². The molecule has 0 bridgehead atoms. The molecule has 212 valence electrons. The fourth-order valence-electron chi connectivity index (χ4n) is 6.53. The van der Waals surface area contributed by atoms with Crippen LogP contribution in [0.2, 0.25) is 0 Å². The molecule has 0 aliphatic rings. The molecule has 3 aromatic heterocycles. The third kappa shape index (κ3) is 4.24. The van der Waals surface area contributed by atoms with Gasteiger partial charge >= 0.3 is 0 Å². The molecular formula is C39H31N4O+. The molecule has 3 heterocycles. The number of fused-ring (bicyclic) bond motifs is 4. The first-order valence-electron chi connectivity index (χ1n) is 14.9. The van der Waals surface area contributed by atoms with Crippen LogP contribution in [0, 0.1) is 13.8 Å². The second-order valence-electron chi connectivity index (χ2n) is 11.4. The first-order valence-corrected chi connectivity index (χ1v) is 14.9. The van der Waals surface area contributed by atoms with Crippen LogP contribution in [0.4, 0.5) is 0 Å². The molecule has 0 N–H and O–H groups in total. The van der Waals surface area contributed by atoms with Gasteiger partial charge in [0.1, 0.15) is 23.0 Å². The molecule has 8 rings (SSSR count). The summed E-state index contributed by atoms with van der Waals surface area (Å²) in [5.74, 6) is 2.43. The molecule has 5 heteroatoms. The summed E-state index contributed by atoms with van der Waals surface area (Å²) >= 11 is 0. The summed E-state index contributed by atoms with van der Waals surface area (Å²) in [5.41, 5.74) is 10.4. The SMILES string of the molecule is Cc1cccc(C)c1-c1ccnc(-n2c3ccccc3c3ccc(Oc4cccc(-n5[cH+]n(C)c6ccccc65)c4)cc32)c1. The van der Waals surface area contributed by atoms with Gasteiger partial charge in [0.05, 0.1) is 11.0 Å². The van der Waals surface area contributed by atoms with Gasteiger partial charge in [-0.25, -0.2) is 9.55 Å². The summed E-state index contributed by atoms with van der Waals surface area (Å²) in [4.78, 5) is 4.87. The van der Waals surface area contributed by atoms with E-state index >= 15 is 0 Å². The van der Waals surface area contributed by atoms with E-state index in [1.807, 2.05) is 18.3 Å². The van der Waals surface area contributed by atoms with Crippen LogP contribution in [0.1, 0.15) is 11.1 Å². The number of pyridine rings is 1. The number of hydrogen-bond donors (Lipinski definition) is 0. The molecule has 0 aliphatic carbocycles. The van der Waals surface area contributed by atoms with Gasteiger partial charge in [0.25, 0.3) is 0 Å². The summed E-state index contributed by atoms with van der Waals surface area (Å²) < 4.78 is 13.1. The summed E-state index contributed by atoms with van der Waals surface area (Å²) in [6.07, 6.45) is 4.02. The van der Waals surface area contributed by atoms with Gasteiger partial charge in [-0.3, -0.25) is 4.57 Å². The largest absolute Gasteiger partial charge is 0.456 e. The lowest BCUT2D eigenvalue weighted by atomic mass is 9.96. The van der Waals surface area contributed by atoms with Crippen molar-refractivity contribution in [3.8, 4) is 34.1 Å². The number of aryl methyl sites for hydroxylation is 3. The number of aromatic nitrogens is 4. The zero-order chi connectivity index (χ0) is 29.8. The number of imidazole rings is 1. The standard InChI is InChI=1S/C39H31N4O/c1-26-10-8-11-27(2)39(26)28-20-21-40-38(22-28)43-34-15-5-4-14-32(34)33-19-18-31(24-37(33)43)44-30-13-9-12-29(23-30)42-25-41(3)35-16-6-7-17-36(35)42/h4-25H,1-3H3/q+1. The number of rotatable bonds is 5. The van der Waals surface area contributed by atoms with E-state index in [9.17, 15) is 0 Å². The maximum Gasteiger partial charge on any atom is 0.191 e. The Morgan fingerprint density at radius 3 is 2.16 bits per heavy atom. The predicted octanol–water partition coefficient (Wildman–Crippen LogP) is 9.82. The van der Waals surface area contributed by atoms with Gasteiger partial charge in [0.15, 0.2) is 17.4 Å². The first-order chi connectivity index (χ1) is 21.5. The topological polar surface area (TPSA) is 36.9 Å². The lowest BCUT2D eigenvalue weighted by Crippen LogP contribution is -1.98. The van der Waals surface area contributed by atoms with Crippen molar-refractivity contribution in [2.45, 2.75) is 13.8 Å². The Bertz CT molecular complexity index is 2340. The van der Waals surface area contributed by atoms with E-state index in [1.54, 1.807) is 0 Å². The highest BCUT2D eigenvalue weighted by molar-refractivity contribution is 6.09. The quantitative estimate of drug-likeness (QED) is 0.193. The Morgan fingerprint density at radius 1 is 0.614 bits per heavy atom. The lowest BCUT2D eigenvalue weighted by Gasteiger charge is -2.13. The van der Waals surface area contributed by atoms with Crippen molar-refractivity contribution < 1.29 is 4.74 Å². The van der Waals surface area contributed by atoms with Crippen LogP contribution in [-0.4, -0.2) is 18.7 Å². The highest BCUT2D eigenvalue weighted by atomic mass is 16.5. The monoisotopic (exact) mass is 571 g/mol. The molecule has 0 atom stereocenters. The molecule has 5 aromatic carbocycles. The molecule has 0 radical (unpaired) electrons. The molecule has 5 nitrogen and oxygen atoms in total. The van der Waals surface area contributed by atoms with Gasteiger partial charge in [0.2, 0.25) is 0 Å². The highest BCUT2D eigenvalue weighted by Crippen LogP contribution is 2.36. The molecule has 0 amide bonds. The van der Waals surface area contributed by atoms with Crippen molar-refractivity contribution in [3.05, 3.63) is 145 Å². The van der Waals surface area contributed by atoms with Crippen molar-refractivity contribution in [3.63, 3.8) is 0 Å². The zero-order valence-corrected chi connectivity index (χ0v) is 24.9. The van der Waals surface area contributed by atoms with Gasteiger partial charge in [-0.15, -0.1) is 0 Å². The third-order valence-electron chi connectivity index (χ3n) is 8.53. The second-order valence-corrected chi connectivity index (χ2v) is 11.4. The van der Waals surface area contributed by atoms with Crippen LogP contribution < -0.4 is 4.74 Å². The Balaban J connectivity index is 1.23. The molecule has 0 unspecified atom stereocenters. The summed E-state index contributed by atoms with van der Waals surface area (Å²) in [6, 6.07) is 42.2. The minimum absolute atomic E-state index is 0.771. The molecule has 0 aliphatic heterocycles. The number of nitrogens with zero attached hydrogens (tertiary/aromatic N) is 4. The van der Waals surface area contributed by atoms with Crippen molar-refractivity contribution in [1.82, 2.24) is 18.7 Å². The van der Waals surface area contributed by atoms with Gasteiger partial charge < -0.3 is 4.74 Å². The van der Waals surface area contributed by atoms with Crippen LogP contribution in [0.15, 0.2) is 134 Å². The minimum Gasteiger partial charge on any atom is -0.456 e. The molecule has 44 heavy (non-hydrogen) atoms. The molecule has 0 saturated carbocycles. The van der Waals surface area contributed by atoms with Gasteiger partial charge in [-0.1, -0.05) is 36.4 Å². The Labute approximate surface area is 255 Å². The van der Waals surface area contributed by atoms with Crippen molar-refractivity contribution in [2.75, 3.05) is 0 Å². The van der Waals surface area contributed by atoms with E-state index in [0.717, 1.165) is 50.5 Å². The van der Waals surface area contributed by atoms with Crippen molar-refractivity contribution in [1.29, 1.82) is 0 Å². The number of ether oxygens (including phenoxy) is 1. The van der Waals surface area contributed by atoms with Crippen LogP contribution >= 0.6 is 0 Å². The second kappa shape index (κ2) is 10.2. The average Bonchev–Trinajstić information content (AvgIpc) is 3.56. The normalized spacial score (nSPS) is 11.5. The highest BCUT2D eigenvalue weighted by Gasteiger charge is 2.17. The smallest absolute Gasteiger partial charge is 0.191 e. The molecule has 8 aromatic rings. The van der Waals surface area contributed by atoms with Crippen LogP contribution in [-0.2, 0) is 7.05 Å². The Hall–Kier alpha value is -5.68. The fraction of sp³-hybridized carbons (Fsp3) is 0.0769. The zero-order valence-electron chi connectivity index (χ0n) is 24.9. The number of para-hydroxylation sites is 3. The van der Waals surface area contributed by atoms with Crippen LogP contribution in [0.3, 0.4) is 0 Å². The number of benzene rings is 5.